The molecule has 1 aliphatic carbocycles. The van der Waals surface area contributed by atoms with Gasteiger partial charge in [-0.05, 0) is 49.9 Å². The first-order valence-electron chi connectivity index (χ1n) is 11.1. The summed E-state index contributed by atoms with van der Waals surface area (Å²) in [5.74, 6) is 0.482. The maximum Gasteiger partial charge on any atom is 0.251 e. The van der Waals surface area contributed by atoms with Crippen LogP contribution in [0.1, 0.15) is 36.0 Å². The van der Waals surface area contributed by atoms with Gasteiger partial charge in [0.15, 0.2) is 0 Å². The van der Waals surface area contributed by atoms with Crippen LogP contribution >= 0.6 is 24.0 Å². The van der Waals surface area contributed by atoms with Crippen molar-refractivity contribution in [2.24, 2.45) is 0 Å². The number of anilines is 2. The van der Waals surface area contributed by atoms with E-state index in [0.29, 0.717) is 27.9 Å². The summed E-state index contributed by atoms with van der Waals surface area (Å²) in [6.45, 7) is 0. The van der Waals surface area contributed by atoms with E-state index in [9.17, 15) is 4.79 Å². The second-order valence-corrected chi connectivity index (χ2v) is 8.84. The molecule has 0 unspecified atom stereocenters. The Bertz CT molecular complexity index is 1300. The lowest BCUT2D eigenvalue weighted by Crippen LogP contribution is -2.40. The second-order valence-electron chi connectivity index (χ2n) is 8.43. The lowest BCUT2D eigenvalue weighted by atomic mass is 9.91. The number of halogens is 2. The van der Waals surface area contributed by atoms with E-state index in [4.69, 9.17) is 22.3 Å². The van der Waals surface area contributed by atoms with Crippen LogP contribution in [0.25, 0.3) is 22.2 Å². The molecule has 176 valence electrons. The highest BCUT2D eigenvalue weighted by Gasteiger charge is 2.24. The number of carbonyl (C=O) groups is 1. The van der Waals surface area contributed by atoms with Gasteiger partial charge in [-0.3, -0.25) is 4.79 Å². The molecular formula is C25H26Cl2N6O. The maximum atomic E-state index is 12.5. The zero-order valence-electron chi connectivity index (χ0n) is 18.4. The molecule has 1 amide bonds. The molecule has 0 aliphatic heterocycles. The zero-order valence-corrected chi connectivity index (χ0v) is 20.0. The van der Waals surface area contributed by atoms with Crippen LogP contribution < -0.4 is 16.4 Å². The van der Waals surface area contributed by atoms with E-state index in [0.717, 1.165) is 42.1 Å². The molecule has 2 aromatic carbocycles. The van der Waals surface area contributed by atoms with E-state index in [1.807, 2.05) is 30.5 Å². The summed E-state index contributed by atoms with van der Waals surface area (Å²) in [5.41, 5.74) is 9.66. The quantitative estimate of drug-likeness (QED) is 0.275. The van der Waals surface area contributed by atoms with Gasteiger partial charge >= 0.3 is 0 Å². The van der Waals surface area contributed by atoms with Crippen LogP contribution in [0, 0.1) is 0 Å². The van der Waals surface area contributed by atoms with Gasteiger partial charge in [-0.1, -0.05) is 35.9 Å². The monoisotopic (exact) mass is 496 g/mol. The lowest BCUT2D eigenvalue weighted by molar-refractivity contribution is 0.0926. The smallest absolute Gasteiger partial charge is 0.251 e. The van der Waals surface area contributed by atoms with Crippen molar-refractivity contribution in [3.8, 4) is 11.3 Å². The summed E-state index contributed by atoms with van der Waals surface area (Å²) in [6.07, 6.45) is 7.16. The average molecular weight is 497 g/mol. The van der Waals surface area contributed by atoms with Crippen LogP contribution in [0.5, 0.6) is 0 Å². The number of carbonyl (C=O) groups excluding carboxylic acids is 1. The van der Waals surface area contributed by atoms with Gasteiger partial charge in [0.05, 0.1) is 16.9 Å². The van der Waals surface area contributed by atoms with Gasteiger partial charge in [-0.2, -0.15) is 0 Å². The highest BCUT2D eigenvalue weighted by molar-refractivity contribution is 6.33. The van der Waals surface area contributed by atoms with Crippen molar-refractivity contribution < 1.29 is 4.79 Å². The Morgan fingerprint density at radius 1 is 1.06 bits per heavy atom. The minimum atomic E-state index is -0.0804. The van der Waals surface area contributed by atoms with Gasteiger partial charge in [0.25, 0.3) is 5.91 Å². The first-order valence-corrected chi connectivity index (χ1v) is 11.5. The summed E-state index contributed by atoms with van der Waals surface area (Å²) in [5, 5.41) is 8.16. The van der Waals surface area contributed by atoms with E-state index < -0.39 is 0 Å². The number of benzene rings is 2. The van der Waals surface area contributed by atoms with E-state index >= 15 is 0 Å². The summed E-state index contributed by atoms with van der Waals surface area (Å²) >= 11 is 6.44. The number of rotatable bonds is 5. The van der Waals surface area contributed by atoms with E-state index in [2.05, 4.69) is 20.6 Å². The van der Waals surface area contributed by atoms with Crippen molar-refractivity contribution in [1.82, 2.24) is 20.3 Å². The van der Waals surface area contributed by atoms with Crippen molar-refractivity contribution in [2.45, 2.75) is 37.8 Å². The van der Waals surface area contributed by atoms with Crippen molar-refractivity contribution in [3.63, 3.8) is 0 Å². The van der Waals surface area contributed by atoms with Crippen LogP contribution in [-0.4, -0.2) is 32.9 Å². The number of nitrogens with two attached hydrogens (primary N) is 1. The standard InChI is InChI=1S/C25H25ClN6O.ClH/c26-21-14-29-25(32-23(21)20-13-28-22-7-2-1-6-19(20)22)31-18-10-8-17(9-11-18)30-24(33)15-4-3-5-16(27)12-15;/h1-7,12-14,17-18,28H,8-11,27H2,(H,30,33)(H,29,31,32);1H. The molecule has 1 saturated carbocycles. The van der Waals surface area contributed by atoms with Crippen molar-refractivity contribution in [3.05, 3.63) is 71.5 Å². The van der Waals surface area contributed by atoms with Crippen molar-refractivity contribution in [1.29, 1.82) is 0 Å². The molecule has 5 N–H and O–H groups in total. The summed E-state index contributed by atoms with van der Waals surface area (Å²) in [6, 6.07) is 15.5. The normalized spacial score (nSPS) is 17.7. The van der Waals surface area contributed by atoms with Gasteiger partial charge < -0.3 is 21.4 Å². The lowest BCUT2D eigenvalue weighted by Gasteiger charge is -2.29. The number of hydrogen-bond donors (Lipinski definition) is 4. The highest BCUT2D eigenvalue weighted by Crippen LogP contribution is 2.32. The number of nitrogens with one attached hydrogen (secondary N) is 3. The number of fused-ring (bicyclic) bond motifs is 1. The molecule has 0 radical (unpaired) electrons. The van der Waals surface area contributed by atoms with Crippen LogP contribution in [0.15, 0.2) is 60.9 Å². The third-order valence-electron chi connectivity index (χ3n) is 6.13. The predicted molar refractivity (Wildman–Crippen MR) is 140 cm³/mol. The molecule has 9 heteroatoms. The fraction of sp³-hybridized carbons (Fsp3) is 0.240. The van der Waals surface area contributed by atoms with Gasteiger partial charge in [-0.15, -0.1) is 12.4 Å². The Hall–Kier alpha value is -3.29. The third kappa shape index (κ3) is 5.11. The largest absolute Gasteiger partial charge is 0.399 e. The molecule has 2 aromatic heterocycles. The summed E-state index contributed by atoms with van der Waals surface area (Å²) in [4.78, 5) is 24.9. The molecule has 34 heavy (non-hydrogen) atoms. The number of aromatic nitrogens is 3. The van der Waals surface area contributed by atoms with Gasteiger partial charge in [0, 0.05) is 46.0 Å². The Labute approximate surface area is 208 Å². The molecule has 0 atom stereocenters. The number of nitrogens with zero attached hydrogens (tertiary/aromatic N) is 2. The average Bonchev–Trinajstić information content (AvgIpc) is 3.25. The zero-order chi connectivity index (χ0) is 22.8. The fourth-order valence-electron chi connectivity index (χ4n) is 4.41. The minimum absolute atomic E-state index is 0. The Morgan fingerprint density at radius 2 is 1.82 bits per heavy atom. The molecule has 7 nitrogen and oxygen atoms in total. The first kappa shape index (κ1) is 23.9. The first-order chi connectivity index (χ1) is 16.1. The Balaban J connectivity index is 0.00000274. The number of para-hydroxylation sites is 1. The second kappa shape index (κ2) is 10.3. The van der Waals surface area contributed by atoms with Gasteiger partial charge in [0.2, 0.25) is 5.95 Å². The molecule has 1 aliphatic rings. The third-order valence-corrected chi connectivity index (χ3v) is 6.41. The maximum absolute atomic E-state index is 12.5. The van der Waals surface area contributed by atoms with Crippen molar-refractivity contribution >= 4 is 52.5 Å². The highest BCUT2D eigenvalue weighted by atomic mass is 35.5. The Kier molecular flexibility index (Phi) is 7.24. The molecule has 1 fully saturated rings. The Morgan fingerprint density at radius 3 is 2.62 bits per heavy atom. The van der Waals surface area contributed by atoms with Crippen LogP contribution in [0.4, 0.5) is 11.6 Å². The SMILES string of the molecule is Cl.Nc1cccc(C(=O)NC2CCC(Nc3ncc(Cl)c(-c4c[nH]c5ccccc45)n3)CC2)c1. The summed E-state index contributed by atoms with van der Waals surface area (Å²) < 4.78 is 0. The minimum Gasteiger partial charge on any atom is -0.399 e. The van der Waals surface area contributed by atoms with E-state index in [1.165, 1.54) is 0 Å². The van der Waals surface area contributed by atoms with Crippen LogP contribution in [0.2, 0.25) is 5.02 Å². The fourth-order valence-corrected chi connectivity index (χ4v) is 4.60. The number of aromatic amines is 1. The molecule has 4 aromatic rings. The van der Waals surface area contributed by atoms with E-state index in [-0.39, 0.29) is 30.4 Å². The number of hydrogen-bond acceptors (Lipinski definition) is 5. The van der Waals surface area contributed by atoms with Gasteiger partial charge in [-0.25, -0.2) is 9.97 Å². The molecular weight excluding hydrogens is 471 g/mol. The molecule has 5 rings (SSSR count). The van der Waals surface area contributed by atoms with Crippen molar-refractivity contribution in [2.75, 3.05) is 11.1 Å². The topological polar surface area (TPSA) is 109 Å². The van der Waals surface area contributed by atoms with Gasteiger partial charge in [0.1, 0.15) is 0 Å². The number of amides is 1. The molecule has 0 spiro atoms. The van der Waals surface area contributed by atoms with Crippen LogP contribution in [-0.2, 0) is 0 Å². The summed E-state index contributed by atoms with van der Waals surface area (Å²) in [7, 11) is 0. The predicted octanol–water partition coefficient (Wildman–Crippen LogP) is 5.44. The molecule has 0 saturated heterocycles. The number of nitrogen functional groups attached to an aromatic ring is 1. The number of H-pyrrole nitrogens is 1. The molecule has 2 heterocycles. The van der Waals surface area contributed by atoms with Crippen LogP contribution in [0.3, 0.4) is 0 Å². The molecule has 0 bridgehead atoms. The van der Waals surface area contributed by atoms with E-state index in [1.54, 1.807) is 30.5 Å².